The number of hydrogen-bond donors (Lipinski definition) is 4. The minimum absolute atomic E-state index is 0.208. The van der Waals surface area contributed by atoms with Gasteiger partial charge in [-0.1, -0.05) is 24.3 Å². The second-order valence-corrected chi connectivity index (χ2v) is 7.05. The van der Waals surface area contributed by atoms with Crippen molar-refractivity contribution in [3.63, 3.8) is 0 Å². The lowest BCUT2D eigenvalue weighted by Gasteiger charge is -2.23. The van der Waals surface area contributed by atoms with Gasteiger partial charge in [-0.3, -0.25) is 4.79 Å². The highest BCUT2D eigenvalue weighted by molar-refractivity contribution is 6.06. The molecule has 1 aliphatic heterocycles. The molecule has 1 aliphatic rings. The predicted octanol–water partition coefficient (Wildman–Crippen LogP) is 1.37. The van der Waals surface area contributed by atoms with Crippen molar-refractivity contribution in [1.29, 1.82) is 0 Å². The van der Waals surface area contributed by atoms with Crippen LogP contribution in [0, 0.1) is 0 Å². The summed E-state index contributed by atoms with van der Waals surface area (Å²) in [5.41, 5.74) is 1.41. The molecule has 8 heteroatoms. The van der Waals surface area contributed by atoms with Crippen LogP contribution in [-0.4, -0.2) is 58.4 Å². The summed E-state index contributed by atoms with van der Waals surface area (Å²) in [7, 11) is 1.54. The number of carbonyl (C=O) groups is 2. The number of anilines is 2. The zero-order valence-electron chi connectivity index (χ0n) is 17.2. The third-order valence-corrected chi connectivity index (χ3v) is 4.97. The molecule has 0 spiro atoms. The van der Waals surface area contributed by atoms with Crippen LogP contribution in [-0.2, 0) is 4.74 Å². The molecule has 30 heavy (non-hydrogen) atoms. The molecule has 0 unspecified atom stereocenters. The van der Waals surface area contributed by atoms with Crippen LogP contribution in [0.5, 0.6) is 5.75 Å². The van der Waals surface area contributed by atoms with Crippen LogP contribution in [0.1, 0.15) is 16.8 Å². The Morgan fingerprint density at radius 1 is 1.00 bits per heavy atom. The molecule has 0 atom stereocenters. The Labute approximate surface area is 176 Å². The van der Waals surface area contributed by atoms with Gasteiger partial charge < -0.3 is 30.3 Å². The lowest BCUT2D eigenvalue weighted by molar-refractivity contribution is -0.908. The number of rotatable bonds is 8. The molecule has 0 radical (unpaired) electrons. The minimum atomic E-state index is -0.448. The van der Waals surface area contributed by atoms with Crippen LogP contribution < -0.4 is 25.6 Å². The number of amides is 3. The first-order chi connectivity index (χ1) is 14.7. The quantitative estimate of drug-likeness (QED) is 0.492. The summed E-state index contributed by atoms with van der Waals surface area (Å²) in [5.74, 6) is 0.348. The number of urea groups is 1. The number of ether oxygens (including phenoxy) is 2. The van der Waals surface area contributed by atoms with Gasteiger partial charge in [-0.25, -0.2) is 4.79 Å². The van der Waals surface area contributed by atoms with E-state index in [9.17, 15) is 9.59 Å². The van der Waals surface area contributed by atoms with Crippen molar-refractivity contribution in [2.24, 2.45) is 0 Å². The molecule has 0 saturated carbocycles. The van der Waals surface area contributed by atoms with Crippen LogP contribution in [0.15, 0.2) is 48.5 Å². The number of hydrogen-bond acceptors (Lipinski definition) is 4. The van der Waals surface area contributed by atoms with Crippen LogP contribution in [0.3, 0.4) is 0 Å². The van der Waals surface area contributed by atoms with Crippen LogP contribution >= 0.6 is 0 Å². The van der Waals surface area contributed by atoms with Gasteiger partial charge in [0.25, 0.3) is 5.91 Å². The van der Waals surface area contributed by atoms with Gasteiger partial charge >= 0.3 is 6.03 Å². The number of carbonyl (C=O) groups excluding carboxylic acids is 2. The third kappa shape index (κ3) is 6.20. The fourth-order valence-corrected chi connectivity index (χ4v) is 3.36. The Morgan fingerprint density at radius 2 is 1.67 bits per heavy atom. The van der Waals surface area contributed by atoms with Crippen molar-refractivity contribution in [1.82, 2.24) is 5.32 Å². The molecule has 1 saturated heterocycles. The molecule has 3 amide bonds. The molecule has 2 aromatic carbocycles. The largest absolute Gasteiger partial charge is 0.495 e. The fourth-order valence-electron chi connectivity index (χ4n) is 3.36. The van der Waals surface area contributed by atoms with Gasteiger partial charge in [-0.2, -0.15) is 0 Å². The summed E-state index contributed by atoms with van der Waals surface area (Å²) in [5, 5.41) is 8.44. The van der Waals surface area contributed by atoms with E-state index in [2.05, 4.69) is 16.0 Å². The van der Waals surface area contributed by atoms with E-state index in [1.54, 1.807) is 49.6 Å². The lowest BCUT2D eigenvalue weighted by Crippen LogP contribution is -3.14. The first-order valence-corrected chi connectivity index (χ1v) is 10.2. The molecule has 0 aromatic heterocycles. The molecule has 1 heterocycles. The topological polar surface area (TPSA) is 93.1 Å². The molecule has 2 aromatic rings. The SMILES string of the molecule is COc1ccccc1NC(=O)Nc1ccccc1C(=O)NCCC[NH+]1CCOCC1. The maximum absolute atomic E-state index is 12.6. The maximum atomic E-state index is 12.6. The maximum Gasteiger partial charge on any atom is 0.323 e. The summed E-state index contributed by atoms with van der Waals surface area (Å²) in [6.07, 6.45) is 0.894. The van der Waals surface area contributed by atoms with E-state index in [0.717, 1.165) is 39.3 Å². The van der Waals surface area contributed by atoms with Gasteiger partial charge in [0.2, 0.25) is 0 Å². The summed E-state index contributed by atoms with van der Waals surface area (Å²) in [6.45, 7) is 5.23. The Hall–Kier alpha value is -3.10. The van der Waals surface area contributed by atoms with Gasteiger partial charge in [-0.15, -0.1) is 0 Å². The van der Waals surface area contributed by atoms with Gasteiger partial charge in [0, 0.05) is 13.0 Å². The highest BCUT2D eigenvalue weighted by Crippen LogP contribution is 2.23. The average Bonchev–Trinajstić information content (AvgIpc) is 2.78. The van der Waals surface area contributed by atoms with E-state index in [-0.39, 0.29) is 5.91 Å². The van der Waals surface area contributed by atoms with Crippen molar-refractivity contribution >= 4 is 23.3 Å². The molecule has 4 N–H and O–H groups in total. The number of para-hydroxylation sites is 3. The Morgan fingerprint density at radius 3 is 2.43 bits per heavy atom. The van der Waals surface area contributed by atoms with Gasteiger partial charge in [0.15, 0.2) is 0 Å². The summed E-state index contributed by atoms with van der Waals surface area (Å²) in [6, 6.07) is 13.6. The number of methoxy groups -OCH3 is 1. The molecule has 3 rings (SSSR count). The first-order valence-electron chi connectivity index (χ1n) is 10.2. The van der Waals surface area contributed by atoms with Crippen LogP contribution in [0.25, 0.3) is 0 Å². The molecule has 160 valence electrons. The number of benzene rings is 2. The smallest absolute Gasteiger partial charge is 0.323 e. The van der Waals surface area contributed by atoms with Crippen LogP contribution in [0.4, 0.5) is 16.2 Å². The van der Waals surface area contributed by atoms with Crippen molar-refractivity contribution in [2.75, 3.05) is 57.1 Å². The Kier molecular flexibility index (Phi) is 8.05. The highest BCUT2D eigenvalue weighted by Gasteiger charge is 2.15. The normalized spacial score (nSPS) is 14.0. The summed E-state index contributed by atoms with van der Waals surface area (Å²) >= 11 is 0. The van der Waals surface area contributed by atoms with Crippen LogP contribution in [0.2, 0.25) is 0 Å². The van der Waals surface area contributed by atoms with Gasteiger partial charge in [0.05, 0.1) is 43.8 Å². The summed E-state index contributed by atoms with van der Waals surface area (Å²) < 4.78 is 10.6. The molecular formula is C22H29N4O4+. The van der Waals surface area contributed by atoms with E-state index >= 15 is 0 Å². The zero-order chi connectivity index (χ0) is 21.2. The zero-order valence-corrected chi connectivity index (χ0v) is 17.2. The van der Waals surface area contributed by atoms with E-state index in [1.165, 1.54) is 4.90 Å². The number of morpholine rings is 1. The second kappa shape index (κ2) is 11.2. The van der Waals surface area contributed by atoms with Gasteiger partial charge in [-0.05, 0) is 24.3 Å². The monoisotopic (exact) mass is 413 g/mol. The number of nitrogens with one attached hydrogen (secondary N) is 4. The number of quaternary nitrogens is 1. The van der Waals surface area contributed by atoms with Crippen molar-refractivity contribution in [2.45, 2.75) is 6.42 Å². The average molecular weight is 413 g/mol. The lowest BCUT2D eigenvalue weighted by atomic mass is 10.1. The highest BCUT2D eigenvalue weighted by atomic mass is 16.5. The summed E-state index contributed by atoms with van der Waals surface area (Å²) in [4.78, 5) is 26.6. The van der Waals surface area contributed by atoms with Crippen molar-refractivity contribution < 1.29 is 24.0 Å². The third-order valence-electron chi connectivity index (χ3n) is 4.97. The van der Waals surface area contributed by atoms with E-state index < -0.39 is 6.03 Å². The predicted molar refractivity (Wildman–Crippen MR) is 115 cm³/mol. The van der Waals surface area contributed by atoms with Gasteiger partial charge in [0.1, 0.15) is 18.8 Å². The van der Waals surface area contributed by atoms with E-state index in [1.807, 2.05) is 6.07 Å². The molecule has 0 bridgehead atoms. The first kappa shape index (κ1) is 21.6. The standard InChI is InChI=1S/C22H28N4O4/c1-29-20-10-5-4-9-19(20)25-22(28)24-18-8-3-2-7-17(18)21(27)23-11-6-12-26-13-15-30-16-14-26/h2-5,7-10H,6,11-16H2,1H3,(H,23,27)(H2,24,25,28)/p+1. The molecule has 0 aliphatic carbocycles. The minimum Gasteiger partial charge on any atom is -0.495 e. The molecule has 8 nitrogen and oxygen atoms in total. The molecule has 1 fully saturated rings. The van der Waals surface area contributed by atoms with Crippen molar-refractivity contribution in [3.05, 3.63) is 54.1 Å². The fraction of sp³-hybridized carbons (Fsp3) is 0.364. The second-order valence-electron chi connectivity index (χ2n) is 7.05. The van der Waals surface area contributed by atoms with Crippen molar-refractivity contribution in [3.8, 4) is 5.75 Å². The molecular weight excluding hydrogens is 384 g/mol. The Bertz CT molecular complexity index is 853. The van der Waals surface area contributed by atoms with E-state index in [4.69, 9.17) is 9.47 Å². The Balaban J connectivity index is 1.52. The van der Waals surface area contributed by atoms with E-state index in [0.29, 0.717) is 29.2 Å².